The Bertz CT molecular complexity index is 317. The fraction of sp³-hybridized carbons (Fsp3) is 0.444. The van der Waals surface area contributed by atoms with E-state index in [1.54, 1.807) is 11.0 Å². The first-order valence-corrected chi connectivity index (χ1v) is 5.47. The molecule has 3 nitrogen and oxygen atoms in total. The van der Waals surface area contributed by atoms with Gasteiger partial charge in [-0.1, -0.05) is 11.8 Å². The van der Waals surface area contributed by atoms with E-state index >= 15 is 0 Å². The lowest BCUT2D eigenvalue weighted by Crippen LogP contribution is -2.41. The number of amides is 1. The third-order valence-electron chi connectivity index (χ3n) is 2.14. The van der Waals surface area contributed by atoms with Gasteiger partial charge in [0.05, 0.1) is 0 Å². The van der Waals surface area contributed by atoms with Crippen molar-refractivity contribution in [1.82, 2.24) is 4.90 Å². The molecule has 1 aromatic heterocycles. The molecule has 70 valence electrons. The Kier molecular flexibility index (Phi) is 2.31. The van der Waals surface area contributed by atoms with Crippen LogP contribution >= 0.6 is 11.8 Å². The predicted octanol–water partition coefficient (Wildman–Crippen LogP) is 1.85. The Hall–Kier alpha value is -0.900. The third-order valence-corrected chi connectivity index (χ3v) is 2.76. The lowest BCUT2D eigenvalue weighted by molar-refractivity contribution is 0.0613. The highest BCUT2D eigenvalue weighted by atomic mass is 32.2. The van der Waals surface area contributed by atoms with Crippen LogP contribution in [0.25, 0.3) is 0 Å². The summed E-state index contributed by atoms with van der Waals surface area (Å²) in [5.41, 5.74) is 0. The molecule has 0 bridgehead atoms. The van der Waals surface area contributed by atoms with Crippen LogP contribution in [0.3, 0.4) is 0 Å². The Morgan fingerprint density at radius 3 is 2.77 bits per heavy atom. The Morgan fingerprint density at radius 1 is 1.54 bits per heavy atom. The number of thioether (sulfide) groups is 1. The number of carbonyl (C=O) groups excluding carboxylic acids is 1. The van der Waals surface area contributed by atoms with E-state index in [9.17, 15) is 4.79 Å². The normalized spacial score (nSPS) is 15.6. The molecular formula is C9H11NO2S. The monoisotopic (exact) mass is 197 g/mol. The van der Waals surface area contributed by atoms with Gasteiger partial charge in [-0.2, -0.15) is 0 Å². The second-order valence-corrected chi connectivity index (χ2v) is 3.78. The van der Waals surface area contributed by atoms with Crippen molar-refractivity contribution in [3.63, 3.8) is 0 Å². The van der Waals surface area contributed by atoms with Crippen LogP contribution < -0.4 is 0 Å². The van der Waals surface area contributed by atoms with E-state index in [1.165, 1.54) is 11.8 Å². The molecular weight excluding hydrogens is 186 g/mol. The van der Waals surface area contributed by atoms with Crippen molar-refractivity contribution in [1.29, 1.82) is 0 Å². The number of rotatable bonds is 2. The highest BCUT2D eigenvalue weighted by Gasteiger charge is 2.23. The van der Waals surface area contributed by atoms with Crippen LogP contribution in [0.15, 0.2) is 21.6 Å². The molecule has 2 heterocycles. The van der Waals surface area contributed by atoms with Crippen LogP contribution in [-0.4, -0.2) is 30.2 Å². The molecule has 1 aliphatic rings. The smallest absolute Gasteiger partial charge is 0.289 e. The van der Waals surface area contributed by atoms with Crippen molar-refractivity contribution in [3.05, 3.63) is 17.9 Å². The number of nitrogens with zero attached hydrogens (tertiary/aromatic N) is 1. The first-order valence-electron chi connectivity index (χ1n) is 4.24. The summed E-state index contributed by atoms with van der Waals surface area (Å²) in [5, 5.41) is 0.795. The Labute approximate surface area is 81.1 Å². The number of furan rings is 1. The van der Waals surface area contributed by atoms with E-state index in [2.05, 4.69) is 0 Å². The van der Waals surface area contributed by atoms with Crippen molar-refractivity contribution < 1.29 is 9.21 Å². The van der Waals surface area contributed by atoms with Gasteiger partial charge in [0.25, 0.3) is 5.91 Å². The molecule has 0 aliphatic carbocycles. The van der Waals surface area contributed by atoms with Gasteiger partial charge >= 0.3 is 0 Å². The minimum Gasteiger partial charge on any atom is -0.445 e. The van der Waals surface area contributed by atoms with E-state index in [1.807, 2.05) is 12.3 Å². The SMILES string of the molecule is CSc1ccc(C(=O)N2CCC2)o1. The second-order valence-electron chi connectivity index (χ2n) is 2.97. The zero-order valence-corrected chi connectivity index (χ0v) is 8.26. The molecule has 1 amide bonds. The molecule has 4 heteroatoms. The molecule has 0 aromatic carbocycles. The Morgan fingerprint density at radius 2 is 2.31 bits per heavy atom. The van der Waals surface area contributed by atoms with Crippen molar-refractivity contribution in [2.75, 3.05) is 19.3 Å². The van der Waals surface area contributed by atoms with E-state index in [0.717, 1.165) is 24.6 Å². The van der Waals surface area contributed by atoms with Crippen LogP contribution in [0.2, 0.25) is 0 Å². The number of likely N-dealkylation sites (tertiary alicyclic amines) is 1. The molecule has 1 fully saturated rings. The van der Waals surface area contributed by atoms with E-state index in [-0.39, 0.29) is 5.91 Å². The number of hydrogen-bond acceptors (Lipinski definition) is 3. The maximum atomic E-state index is 11.6. The number of hydrogen-bond donors (Lipinski definition) is 0. The van der Waals surface area contributed by atoms with Gasteiger partial charge in [-0.05, 0) is 24.8 Å². The number of carbonyl (C=O) groups is 1. The molecule has 0 atom stereocenters. The fourth-order valence-electron chi connectivity index (χ4n) is 1.22. The molecule has 0 unspecified atom stereocenters. The van der Waals surface area contributed by atoms with Gasteiger partial charge in [0.15, 0.2) is 10.9 Å². The van der Waals surface area contributed by atoms with Gasteiger partial charge < -0.3 is 9.32 Å². The van der Waals surface area contributed by atoms with Crippen LogP contribution in [-0.2, 0) is 0 Å². The third kappa shape index (κ3) is 1.58. The summed E-state index contributed by atoms with van der Waals surface area (Å²) in [6.45, 7) is 1.74. The Balaban J connectivity index is 2.10. The summed E-state index contributed by atoms with van der Waals surface area (Å²) in [6.07, 6.45) is 3.04. The molecule has 2 rings (SSSR count). The van der Waals surface area contributed by atoms with Crippen LogP contribution in [0.4, 0.5) is 0 Å². The summed E-state index contributed by atoms with van der Waals surface area (Å²) in [6, 6.07) is 3.57. The van der Waals surface area contributed by atoms with Gasteiger partial charge in [0.1, 0.15) is 0 Å². The lowest BCUT2D eigenvalue weighted by Gasteiger charge is -2.29. The van der Waals surface area contributed by atoms with Gasteiger partial charge in [0.2, 0.25) is 0 Å². The van der Waals surface area contributed by atoms with Crippen molar-refractivity contribution >= 4 is 17.7 Å². The topological polar surface area (TPSA) is 33.5 Å². The maximum absolute atomic E-state index is 11.6. The molecule has 0 spiro atoms. The summed E-state index contributed by atoms with van der Waals surface area (Å²) in [5.74, 6) is 0.482. The van der Waals surface area contributed by atoms with E-state index < -0.39 is 0 Å². The van der Waals surface area contributed by atoms with Gasteiger partial charge in [-0.3, -0.25) is 4.79 Å². The standard InChI is InChI=1S/C9H11NO2S/c1-13-8-4-3-7(12-8)9(11)10-5-2-6-10/h3-4H,2,5-6H2,1H3. The predicted molar refractivity (Wildman–Crippen MR) is 51.0 cm³/mol. The van der Waals surface area contributed by atoms with Gasteiger partial charge in [0, 0.05) is 13.1 Å². The van der Waals surface area contributed by atoms with Crippen LogP contribution in [0.5, 0.6) is 0 Å². The summed E-state index contributed by atoms with van der Waals surface area (Å²) in [7, 11) is 0. The zero-order chi connectivity index (χ0) is 9.26. The van der Waals surface area contributed by atoms with E-state index in [0.29, 0.717) is 5.76 Å². The summed E-state index contributed by atoms with van der Waals surface area (Å²) in [4.78, 5) is 13.4. The summed E-state index contributed by atoms with van der Waals surface area (Å²) >= 11 is 1.51. The van der Waals surface area contributed by atoms with Crippen LogP contribution in [0, 0.1) is 0 Å². The van der Waals surface area contributed by atoms with E-state index in [4.69, 9.17) is 4.42 Å². The molecule has 0 N–H and O–H groups in total. The fourth-order valence-corrected chi connectivity index (χ4v) is 1.60. The molecule has 0 saturated carbocycles. The maximum Gasteiger partial charge on any atom is 0.289 e. The average Bonchev–Trinajstić information content (AvgIpc) is 2.48. The average molecular weight is 197 g/mol. The summed E-state index contributed by atoms with van der Waals surface area (Å²) < 4.78 is 5.32. The molecule has 13 heavy (non-hydrogen) atoms. The van der Waals surface area contributed by atoms with Gasteiger partial charge in [-0.25, -0.2) is 0 Å². The lowest BCUT2D eigenvalue weighted by atomic mass is 10.2. The largest absolute Gasteiger partial charge is 0.445 e. The molecule has 1 aromatic rings. The van der Waals surface area contributed by atoms with Gasteiger partial charge in [-0.15, -0.1) is 0 Å². The van der Waals surface area contributed by atoms with Crippen molar-refractivity contribution in [3.8, 4) is 0 Å². The minimum atomic E-state index is 0.0200. The first kappa shape index (κ1) is 8.69. The molecule has 1 saturated heterocycles. The van der Waals surface area contributed by atoms with Crippen molar-refractivity contribution in [2.45, 2.75) is 11.5 Å². The quantitative estimate of drug-likeness (QED) is 0.678. The minimum absolute atomic E-state index is 0.0200. The first-order chi connectivity index (χ1) is 6.31. The van der Waals surface area contributed by atoms with Crippen molar-refractivity contribution in [2.24, 2.45) is 0 Å². The second kappa shape index (κ2) is 3.46. The highest BCUT2D eigenvalue weighted by Crippen LogP contribution is 2.20. The van der Waals surface area contributed by atoms with Crippen LogP contribution in [0.1, 0.15) is 17.0 Å². The molecule has 0 radical (unpaired) electrons. The zero-order valence-electron chi connectivity index (χ0n) is 7.45. The molecule has 1 aliphatic heterocycles. The highest BCUT2D eigenvalue weighted by molar-refractivity contribution is 7.98.